The molecule has 6 heteroatoms. The first-order valence-electron chi connectivity index (χ1n) is 2.72. The Morgan fingerprint density at radius 3 is 2.09 bits per heavy atom. The topological polar surface area (TPSA) is 107 Å². The molecule has 0 aliphatic heterocycles. The number of primary amides is 1. The molecule has 0 atom stereocenters. The van der Waals surface area contributed by atoms with Crippen molar-refractivity contribution in [3.8, 4) is 0 Å². The van der Waals surface area contributed by atoms with E-state index in [9.17, 15) is 19.3 Å². The van der Waals surface area contributed by atoms with Gasteiger partial charge in [-0.15, -0.1) is 4.91 Å². The van der Waals surface area contributed by atoms with Gasteiger partial charge in [0.15, 0.2) is 5.78 Å². The van der Waals surface area contributed by atoms with Gasteiger partial charge in [-0.25, -0.2) is 0 Å². The molecule has 0 heterocycles. The molecule has 0 aliphatic rings. The molecule has 0 radical (unpaired) electrons. The van der Waals surface area contributed by atoms with Gasteiger partial charge >= 0.3 is 0 Å². The number of carbonyl (C=O) groups is 3. The van der Waals surface area contributed by atoms with E-state index in [1.165, 1.54) is 0 Å². The second kappa shape index (κ2) is 4.26. The van der Waals surface area contributed by atoms with Gasteiger partial charge in [-0.3, -0.25) is 14.4 Å². The van der Waals surface area contributed by atoms with E-state index in [1.807, 2.05) is 5.18 Å². The molecule has 0 saturated heterocycles. The van der Waals surface area contributed by atoms with Gasteiger partial charge in [0, 0.05) is 5.18 Å². The predicted molar refractivity (Wildman–Crippen MR) is 34.2 cm³/mol. The molecule has 6 nitrogen and oxygen atoms in total. The summed E-state index contributed by atoms with van der Waals surface area (Å²) in [7, 11) is 0. The summed E-state index contributed by atoms with van der Waals surface area (Å²) in [5.74, 6) is -2.60. The summed E-state index contributed by atoms with van der Waals surface area (Å²) in [6, 6.07) is 0. The minimum absolute atomic E-state index is 0.527. The molecule has 0 spiro atoms. The van der Waals surface area contributed by atoms with Gasteiger partial charge in [-0.1, -0.05) is 0 Å². The summed E-state index contributed by atoms with van der Waals surface area (Å²) in [5, 5.41) is 1.97. The Morgan fingerprint density at radius 1 is 1.18 bits per heavy atom. The van der Waals surface area contributed by atoms with Crippen molar-refractivity contribution in [1.82, 2.24) is 0 Å². The van der Waals surface area contributed by atoms with Crippen LogP contribution in [0.15, 0.2) is 5.18 Å². The third kappa shape index (κ3) is 4.89. The number of nitroso groups, excluding NO2 is 1. The van der Waals surface area contributed by atoms with Crippen LogP contribution in [0.3, 0.4) is 0 Å². The first-order valence-corrected chi connectivity index (χ1v) is 2.72. The number of carbonyl (C=O) groups excluding carboxylic acids is 3. The summed E-state index contributed by atoms with van der Waals surface area (Å²) >= 11 is 0. The van der Waals surface area contributed by atoms with Crippen LogP contribution in [-0.4, -0.2) is 17.6 Å². The molecular weight excluding hydrogens is 152 g/mol. The van der Waals surface area contributed by atoms with Crippen molar-refractivity contribution in [2.75, 3.05) is 0 Å². The average Bonchev–Trinajstić information content (AvgIpc) is 1.85. The van der Waals surface area contributed by atoms with Crippen LogP contribution in [0.2, 0.25) is 0 Å². The molecule has 0 aromatic rings. The number of Topliss-reactive ketones (excluding diaryl/α,β-unsaturated/α-hetero) is 1. The van der Waals surface area contributed by atoms with Crippen molar-refractivity contribution in [2.24, 2.45) is 10.9 Å². The number of nitrogens with two attached hydrogens (primary N) is 1. The molecule has 0 saturated carbocycles. The Balaban J connectivity index is 3.78. The fourth-order valence-electron chi connectivity index (χ4n) is 0.458. The number of amides is 2. The number of rotatable bonds is 4. The molecule has 0 aliphatic carbocycles. The monoisotopic (exact) mass is 158 g/mol. The summed E-state index contributed by atoms with van der Waals surface area (Å²) in [5.41, 5.74) is 4.63. The minimum atomic E-state index is -1.09. The maximum absolute atomic E-state index is 10.5. The lowest BCUT2D eigenvalue weighted by molar-refractivity contribution is -0.129. The molecule has 0 bridgehead atoms. The summed E-state index contributed by atoms with van der Waals surface area (Å²) < 4.78 is 0. The van der Waals surface area contributed by atoms with Gasteiger partial charge < -0.3 is 5.73 Å². The smallest absolute Gasteiger partial charge is 0.293 e. The SMILES string of the molecule is NC(=O)CC(=O)CC(=O)N=O. The van der Waals surface area contributed by atoms with E-state index in [2.05, 4.69) is 5.73 Å². The Kier molecular flexibility index (Phi) is 3.65. The predicted octanol–water partition coefficient (Wildman–Crippen LogP) is -0.886. The van der Waals surface area contributed by atoms with Crippen LogP contribution in [-0.2, 0) is 14.4 Å². The highest BCUT2D eigenvalue weighted by Crippen LogP contribution is 1.91. The molecule has 0 aromatic carbocycles. The van der Waals surface area contributed by atoms with E-state index < -0.39 is 30.4 Å². The maximum atomic E-state index is 10.5. The highest BCUT2D eigenvalue weighted by atomic mass is 16.3. The van der Waals surface area contributed by atoms with Gasteiger partial charge in [0.1, 0.15) is 0 Å². The van der Waals surface area contributed by atoms with Crippen molar-refractivity contribution >= 4 is 17.6 Å². The van der Waals surface area contributed by atoms with E-state index in [0.717, 1.165) is 0 Å². The lowest BCUT2D eigenvalue weighted by atomic mass is 10.2. The molecule has 0 aromatic heterocycles. The van der Waals surface area contributed by atoms with E-state index in [4.69, 9.17) is 0 Å². The first kappa shape index (κ1) is 9.41. The lowest BCUT2D eigenvalue weighted by Gasteiger charge is -1.89. The van der Waals surface area contributed by atoms with Crippen molar-refractivity contribution in [2.45, 2.75) is 12.8 Å². The van der Waals surface area contributed by atoms with Crippen LogP contribution in [0.25, 0.3) is 0 Å². The summed E-state index contributed by atoms with van der Waals surface area (Å²) in [4.78, 5) is 40.2. The minimum Gasteiger partial charge on any atom is -0.369 e. The molecule has 60 valence electrons. The first-order chi connectivity index (χ1) is 5.06. The molecule has 0 rings (SSSR count). The average molecular weight is 158 g/mol. The summed E-state index contributed by atoms with van der Waals surface area (Å²) in [6.07, 6.45) is -1.17. The molecular formula is C5H6N2O4. The zero-order valence-corrected chi connectivity index (χ0v) is 5.57. The maximum Gasteiger partial charge on any atom is 0.293 e. The molecule has 2 N–H and O–H groups in total. The molecule has 2 amide bonds. The Morgan fingerprint density at radius 2 is 1.73 bits per heavy atom. The van der Waals surface area contributed by atoms with Gasteiger partial charge in [0.2, 0.25) is 5.91 Å². The van der Waals surface area contributed by atoms with E-state index in [1.54, 1.807) is 0 Å². The highest BCUT2D eigenvalue weighted by Gasteiger charge is 2.11. The van der Waals surface area contributed by atoms with Crippen LogP contribution >= 0.6 is 0 Å². The van der Waals surface area contributed by atoms with Gasteiger partial charge in [-0.05, 0) is 0 Å². The van der Waals surface area contributed by atoms with Gasteiger partial charge in [0.05, 0.1) is 12.8 Å². The van der Waals surface area contributed by atoms with Crippen molar-refractivity contribution < 1.29 is 14.4 Å². The van der Waals surface area contributed by atoms with Crippen LogP contribution in [0.5, 0.6) is 0 Å². The molecule has 0 fully saturated rings. The Bertz CT molecular complexity index is 211. The normalized spacial score (nSPS) is 8.73. The largest absolute Gasteiger partial charge is 0.369 e. The van der Waals surface area contributed by atoms with E-state index >= 15 is 0 Å². The van der Waals surface area contributed by atoms with Crippen molar-refractivity contribution in [3.05, 3.63) is 4.91 Å². The van der Waals surface area contributed by atoms with Crippen LogP contribution in [0, 0.1) is 4.91 Å². The zero-order chi connectivity index (χ0) is 8.85. The fourth-order valence-corrected chi connectivity index (χ4v) is 0.458. The van der Waals surface area contributed by atoms with Gasteiger partial charge in [-0.2, -0.15) is 0 Å². The van der Waals surface area contributed by atoms with E-state index in [0.29, 0.717) is 0 Å². The third-order valence-corrected chi connectivity index (χ3v) is 0.822. The molecule has 11 heavy (non-hydrogen) atoms. The fraction of sp³-hybridized carbons (Fsp3) is 0.400. The van der Waals surface area contributed by atoms with Crippen LogP contribution < -0.4 is 5.73 Å². The van der Waals surface area contributed by atoms with Crippen molar-refractivity contribution in [1.29, 1.82) is 0 Å². The van der Waals surface area contributed by atoms with Crippen molar-refractivity contribution in [3.63, 3.8) is 0 Å². The highest BCUT2D eigenvalue weighted by molar-refractivity contribution is 6.05. The zero-order valence-electron chi connectivity index (χ0n) is 5.57. The Hall–Kier alpha value is -1.59. The molecule has 0 unspecified atom stereocenters. The Labute approximate surface area is 61.7 Å². The second-order valence-electron chi connectivity index (χ2n) is 1.84. The number of nitrogens with zero attached hydrogens (tertiary/aromatic N) is 1. The van der Waals surface area contributed by atoms with E-state index in [-0.39, 0.29) is 0 Å². The second-order valence-corrected chi connectivity index (χ2v) is 1.84. The summed E-state index contributed by atoms with van der Waals surface area (Å²) in [6.45, 7) is 0. The van der Waals surface area contributed by atoms with Crippen LogP contribution in [0.1, 0.15) is 12.8 Å². The lowest BCUT2D eigenvalue weighted by Crippen LogP contribution is -2.17. The quantitative estimate of drug-likeness (QED) is 0.423. The van der Waals surface area contributed by atoms with Gasteiger partial charge in [0.25, 0.3) is 5.91 Å². The number of hydrogen-bond acceptors (Lipinski definition) is 4. The standard InChI is InChI=1S/C5H6N2O4/c6-4(9)1-3(8)2-5(10)7-11/h1-2H2,(H2,6,9). The number of hydrogen-bond donors (Lipinski definition) is 1. The number of ketones is 1. The van der Waals surface area contributed by atoms with Crippen LogP contribution in [0.4, 0.5) is 0 Å². The third-order valence-electron chi connectivity index (χ3n) is 0.822.